The first-order chi connectivity index (χ1) is 19.6. The fourth-order valence-corrected chi connectivity index (χ4v) is 4.27. The zero-order valence-corrected chi connectivity index (χ0v) is 23.0. The summed E-state index contributed by atoms with van der Waals surface area (Å²) in [6, 6.07) is 8.02. The van der Waals surface area contributed by atoms with Crippen molar-refractivity contribution in [2.75, 3.05) is 52.3 Å². The average molecular weight is 569 g/mol. The highest BCUT2D eigenvalue weighted by Crippen LogP contribution is 2.29. The highest BCUT2D eigenvalue weighted by atomic mass is 19.1. The maximum absolute atomic E-state index is 15.1. The van der Waals surface area contributed by atoms with E-state index in [1.807, 2.05) is 21.1 Å². The fourth-order valence-electron chi connectivity index (χ4n) is 4.27. The Labute approximate surface area is 235 Å². The van der Waals surface area contributed by atoms with Crippen LogP contribution in [0, 0.1) is 5.82 Å². The largest absolute Gasteiger partial charge is 0.508 e. The van der Waals surface area contributed by atoms with Gasteiger partial charge in [0.05, 0.1) is 51.8 Å². The number of aromatic nitrogens is 4. The molecule has 14 heteroatoms. The van der Waals surface area contributed by atoms with Gasteiger partial charge in [-0.15, -0.1) is 5.10 Å². The molecular formula is C27H31FN7O6+. The molecule has 1 aromatic carbocycles. The zero-order chi connectivity index (χ0) is 29.0. The molecule has 4 heterocycles. The van der Waals surface area contributed by atoms with E-state index >= 15 is 4.39 Å². The van der Waals surface area contributed by atoms with Crippen molar-refractivity contribution in [2.45, 2.75) is 25.2 Å². The number of nitrogens with zero attached hydrogens (tertiary/aromatic N) is 7. The van der Waals surface area contributed by atoms with Crippen LogP contribution in [0.3, 0.4) is 0 Å². The standard InChI is InChI=1S/C27H31FN7O6/c1-35(2,3)10-11-38-27(37)39-17-20-13-25(31-41-20)24-7-4-18(14-29-24)22-6-5-19(12-23(22)28)34-16-21(40-26(34)36)15-33-9-8-30-32-33/h4-9,12,14,20-21H,10-11,13,15-17H2,1-3H3/q+1/t20-,21-/m0/s1. The number of oxime groups is 1. The van der Waals surface area contributed by atoms with E-state index in [-0.39, 0.29) is 19.8 Å². The number of amides is 1. The number of quaternary nitrogens is 1. The summed E-state index contributed by atoms with van der Waals surface area (Å²) in [6.07, 6.45) is 2.99. The maximum atomic E-state index is 15.1. The molecule has 1 fully saturated rings. The Balaban J connectivity index is 1.13. The monoisotopic (exact) mass is 568 g/mol. The Hall–Kier alpha value is -4.59. The molecule has 0 unspecified atom stereocenters. The van der Waals surface area contributed by atoms with Crippen LogP contribution in [0.15, 0.2) is 54.1 Å². The van der Waals surface area contributed by atoms with Crippen LogP contribution in [0.5, 0.6) is 0 Å². The summed E-state index contributed by atoms with van der Waals surface area (Å²) in [5, 5.41) is 11.7. The van der Waals surface area contributed by atoms with Gasteiger partial charge in [-0.25, -0.2) is 18.7 Å². The second kappa shape index (κ2) is 11.9. The van der Waals surface area contributed by atoms with E-state index in [1.54, 1.807) is 47.5 Å². The Morgan fingerprint density at radius 3 is 2.73 bits per heavy atom. The van der Waals surface area contributed by atoms with Crippen molar-refractivity contribution in [3.05, 3.63) is 60.4 Å². The van der Waals surface area contributed by atoms with Crippen LogP contribution in [-0.4, -0.2) is 102 Å². The molecule has 2 aromatic heterocycles. The number of likely N-dealkylation sites (N-methyl/N-ethyl adjacent to an activating group) is 1. The molecule has 5 rings (SSSR count). The fraction of sp³-hybridized carbons (Fsp3) is 0.407. The highest BCUT2D eigenvalue weighted by Gasteiger charge is 2.33. The molecule has 0 N–H and O–H groups in total. The number of rotatable bonds is 10. The zero-order valence-electron chi connectivity index (χ0n) is 23.0. The van der Waals surface area contributed by atoms with Crippen molar-refractivity contribution in [1.82, 2.24) is 20.0 Å². The van der Waals surface area contributed by atoms with Gasteiger partial charge in [0, 0.05) is 29.9 Å². The highest BCUT2D eigenvalue weighted by molar-refractivity contribution is 5.99. The average Bonchev–Trinajstić information content (AvgIpc) is 3.69. The van der Waals surface area contributed by atoms with Gasteiger partial charge in [-0.3, -0.25) is 9.88 Å². The van der Waals surface area contributed by atoms with Crippen molar-refractivity contribution < 1.29 is 37.5 Å². The van der Waals surface area contributed by atoms with Crippen molar-refractivity contribution in [2.24, 2.45) is 5.16 Å². The van der Waals surface area contributed by atoms with Crippen LogP contribution < -0.4 is 4.90 Å². The summed E-state index contributed by atoms with van der Waals surface area (Å²) < 4.78 is 33.0. The summed E-state index contributed by atoms with van der Waals surface area (Å²) in [4.78, 5) is 35.4. The molecule has 0 aliphatic carbocycles. The Morgan fingerprint density at radius 2 is 2.02 bits per heavy atom. The number of carbonyl (C=O) groups is 2. The van der Waals surface area contributed by atoms with E-state index < -0.39 is 30.3 Å². The van der Waals surface area contributed by atoms with Gasteiger partial charge < -0.3 is 23.5 Å². The second-order valence-corrected chi connectivity index (χ2v) is 10.7. The number of ether oxygens (including phenoxy) is 3. The minimum atomic E-state index is -0.751. The minimum absolute atomic E-state index is 0.00237. The van der Waals surface area contributed by atoms with Crippen LogP contribution in [0.1, 0.15) is 12.1 Å². The molecular weight excluding hydrogens is 537 g/mol. The van der Waals surface area contributed by atoms with Crippen molar-refractivity contribution in [3.8, 4) is 11.1 Å². The first-order valence-corrected chi connectivity index (χ1v) is 13.1. The summed E-state index contributed by atoms with van der Waals surface area (Å²) >= 11 is 0. The van der Waals surface area contributed by atoms with E-state index in [0.717, 1.165) is 0 Å². The molecule has 2 aliphatic rings. The van der Waals surface area contributed by atoms with Crippen molar-refractivity contribution in [3.63, 3.8) is 0 Å². The molecule has 3 aromatic rings. The Bertz CT molecular complexity index is 1410. The Kier molecular flexibility index (Phi) is 8.10. The topological polar surface area (TPSA) is 130 Å². The molecule has 0 spiro atoms. The van der Waals surface area contributed by atoms with Gasteiger partial charge in [0.2, 0.25) is 0 Å². The minimum Gasteiger partial charge on any atom is -0.442 e. The molecule has 2 aliphatic heterocycles. The second-order valence-electron chi connectivity index (χ2n) is 10.7. The lowest BCUT2D eigenvalue weighted by Gasteiger charge is -2.23. The smallest absolute Gasteiger partial charge is 0.442 e. The number of cyclic esters (lactones) is 1. The summed E-state index contributed by atoms with van der Waals surface area (Å²) in [5.74, 6) is -0.503. The molecule has 1 amide bonds. The number of halogens is 1. The van der Waals surface area contributed by atoms with Crippen LogP contribution >= 0.6 is 0 Å². The van der Waals surface area contributed by atoms with Gasteiger partial charge in [-0.2, -0.15) is 0 Å². The van der Waals surface area contributed by atoms with Gasteiger partial charge in [-0.1, -0.05) is 16.4 Å². The van der Waals surface area contributed by atoms with E-state index in [2.05, 4.69) is 20.5 Å². The van der Waals surface area contributed by atoms with E-state index in [0.29, 0.717) is 52.2 Å². The summed E-state index contributed by atoms with van der Waals surface area (Å²) in [7, 11) is 6.00. The lowest BCUT2D eigenvalue weighted by molar-refractivity contribution is -0.870. The van der Waals surface area contributed by atoms with Gasteiger partial charge in [0.15, 0.2) is 6.10 Å². The van der Waals surface area contributed by atoms with E-state index in [9.17, 15) is 9.59 Å². The van der Waals surface area contributed by atoms with Crippen molar-refractivity contribution in [1.29, 1.82) is 0 Å². The van der Waals surface area contributed by atoms with Gasteiger partial charge in [-0.05, 0) is 24.3 Å². The molecule has 1 saturated heterocycles. The number of carbonyl (C=O) groups excluding carboxylic acids is 2. The SMILES string of the molecule is C[N+](C)(C)CCOC(=O)OC[C@@H]1CC(c2ccc(-c3ccc(N4C[C@H](Cn5ccnn5)OC4=O)cc3F)cn2)=NO1. The predicted octanol–water partition coefficient (Wildman–Crippen LogP) is 2.86. The third-order valence-corrected chi connectivity index (χ3v) is 6.47. The molecule has 0 saturated carbocycles. The van der Waals surface area contributed by atoms with Crippen LogP contribution in [-0.2, 0) is 25.6 Å². The maximum Gasteiger partial charge on any atom is 0.508 e. The number of pyridine rings is 1. The van der Waals surface area contributed by atoms with Gasteiger partial charge in [0.25, 0.3) is 0 Å². The normalized spacial score (nSPS) is 18.6. The van der Waals surface area contributed by atoms with Gasteiger partial charge >= 0.3 is 12.2 Å². The molecule has 0 radical (unpaired) electrons. The lowest BCUT2D eigenvalue weighted by Crippen LogP contribution is -2.38. The third-order valence-electron chi connectivity index (χ3n) is 6.47. The molecule has 216 valence electrons. The van der Waals surface area contributed by atoms with Crippen molar-refractivity contribution >= 4 is 23.6 Å². The lowest BCUT2D eigenvalue weighted by atomic mass is 10.0. The van der Waals surface area contributed by atoms with E-state index in [1.165, 1.54) is 11.0 Å². The molecule has 0 bridgehead atoms. The third kappa shape index (κ3) is 7.14. The van der Waals surface area contributed by atoms with Crippen LogP contribution in [0.4, 0.5) is 19.7 Å². The van der Waals surface area contributed by atoms with Crippen LogP contribution in [0.2, 0.25) is 0 Å². The Morgan fingerprint density at radius 1 is 1.17 bits per heavy atom. The summed E-state index contributed by atoms with van der Waals surface area (Å²) in [5.41, 5.74) is 2.44. The molecule has 41 heavy (non-hydrogen) atoms. The number of hydrogen-bond acceptors (Lipinski definition) is 10. The number of hydrogen-bond donors (Lipinski definition) is 0. The first kappa shape index (κ1) is 28.0. The number of anilines is 1. The first-order valence-electron chi connectivity index (χ1n) is 13.1. The quantitative estimate of drug-likeness (QED) is 0.268. The molecule has 13 nitrogen and oxygen atoms in total. The molecule has 2 atom stereocenters. The summed E-state index contributed by atoms with van der Waals surface area (Å²) in [6.45, 7) is 1.54. The predicted molar refractivity (Wildman–Crippen MR) is 143 cm³/mol. The van der Waals surface area contributed by atoms with Crippen LogP contribution in [0.25, 0.3) is 11.1 Å². The van der Waals surface area contributed by atoms with E-state index in [4.69, 9.17) is 19.0 Å². The number of benzene rings is 1. The van der Waals surface area contributed by atoms with Gasteiger partial charge in [0.1, 0.15) is 37.4 Å².